The summed E-state index contributed by atoms with van der Waals surface area (Å²) < 4.78 is 10.7. The number of rotatable bonds is 12. The number of thioether (sulfide) groups is 1. The summed E-state index contributed by atoms with van der Waals surface area (Å²) in [7, 11) is 3.15. The van der Waals surface area contributed by atoms with Crippen LogP contribution in [-0.4, -0.2) is 42.7 Å². The monoisotopic (exact) mass is 664 g/mol. The van der Waals surface area contributed by atoms with Gasteiger partial charge in [0.05, 0.1) is 25.7 Å². The Balaban J connectivity index is 1.22. The van der Waals surface area contributed by atoms with Gasteiger partial charge in [-0.25, -0.2) is 4.98 Å². The number of thiazole rings is 1. The van der Waals surface area contributed by atoms with Crippen molar-refractivity contribution in [3.63, 3.8) is 0 Å². The standard InChI is InChI=1S/C36H32N4O5S2/c1-23-10-7-8-13-25(23)18-29(38-34(42)24-11-5-4-6-12-24)35(43)37-27-14-9-15-28(20-27)46-22-33(41)40-36-39-30(21-47-36)26-16-17-31(44-2)32(19-26)45-3/h4-21H,22H2,1-3H3,(H,37,43)(H,38,42)(H,39,40,41)/b29-18-. The zero-order valence-corrected chi connectivity index (χ0v) is 27.5. The molecule has 0 fully saturated rings. The number of nitrogens with one attached hydrogen (secondary N) is 3. The first-order valence-electron chi connectivity index (χ1n) is 14.5. The van der Waals surface area contributed by atoms with Crippen molar-refractivity contribution in [2.24, 2.45) is 0 Å². The van der Waals surface area contributed by atoms with E-state index in [1.165, 1.54) is 23.1 Å². The first-order chi connectivity index (χ1) is 22.8. The van der Waals surface area contributed by atoms with Crippen LogP contribution in [-0.2, 0) is 9.59 Å². The molecule has 3 N–H and O–H groups in total. The number of nitrogens with zero attached hydrogens (tertiary/aromatic N) is 1. The number of benzene rings is 4. The van der Waals surface area contributed by atoms with Crippen molar-refractivity contribution in [3.8, 4) is 22.8 Å². The summed E-state index contributed by atoms with van der Waals surface area (Å²) in [5, 5.41) is 10.8. The highest BCUT2D eigenvalue weighted by molar-refractivity contribution is 8.00. The van der Waals surface area contributed by atoms with Gasteiger partial charge >= 0.3 is 0 Å². The number of hydrogen-bond donors (Lipinski definition) is 3. The van der Waals surface area contributed by atoms with Crippen LogP contribution in [0.3, 0.4) is 0 Å². The maximum Gasteiger partial charge on any atom is 0.272 e. The lowest BCUT2D eigenvalue weighted by Gasteiger charge is -2.13. The van der Waals surface area contributed by atoms with Gasteiger partial charge < -0.3 is 25.4 Å². The van der Waals surface area contributed by atoms with Gasteiger partial charge in [0, 0.05) is 27.1 Å². The van der Waals surface area contributed by atoms with Gasteiger partial charge in [-0.1, -0.05) is 48.5 Å². The van der Waals surface area contributed by atoms with Crippen LogP contribution in [0, 0.1) is 6.92 Å². The van der Waals surface area contributed by atoms with E-state index in [0.717, 1.165) is 21.6 Å². The van der Waals surface area contributed by atoms with Crippen LogP contribution in [0.15, 0.2) is 113 Å². The van der Waals surface area contributed by atoms with Gasteiger partial charge in [0.1, 0.15) is 5.70 Å². The molecule has 3 amide bonds. The zero-order valence-electron chi connectivity index (χ0n) is 25.9. The molecule has 9 nitrogen and oxygen atoms in total. The van der Waals surface area contributed by atoms with Crippen molar-refractivity contribution >= 4 is 57.7 Å². The van der Waals surface area contributed by atoms with Crippen LogP contribution in [0.25, 0.3) is 17.3 Å². The van der Waals surface area contributed by atoms with Crippen LogP contribution >= 0.6 is 23.1 Å². The van der Waals surface area contributed by atoms with Crippen molar-refractivity contribution in [1.29, 1.82) is 0 Å². The number of carbonyl (C=O) groups excluding carboxylic acids is 3. The summed E-state index contributed by atoms with van der Waals surface area (Å²) in [5.41, 5.74) is 4.35. The molecule has 5 rings (SSSR count). The average molecular weight is 665 g/mol. The third kappa shape index (κ3) is 8.87. The second kappa shape index (κ2) is 15.7. The Hall–Kier alpha value is -5.39. The normalized spacial score (nSPS) is 11.0. The third-order valence-electron chi connectivity index (χ3n) is 6.91. The molecule has 0 saturated carbocycles. The number of aromatic nitrogens is 1. The van der Waals surface area contributed by atoms with Gasteiger partial charge in [-0.2, -0.15) is 0 Å². The van der Waals surface area contributed by atoms with E-state index in [4.69, 9.17) is 9.47 Å². The Labute approximate surface area is 281 Å². The molecule has 1 aromatic heterocycles. The van der Waals surface area contributed by atoms with Crippen LogP contribution in [0.1, 0.15) is 21.5 Å². The fourth-order valence-electron chi connectivity index (χ4n) is 4.47. The van der Waals surface area contributed by atoms with E-state index in [2.05, 4.69) is 20.9 Å². The quantitative estimate of drug-likeness (QED) is 0.0948. The molecule has 0 aliphatic rings. The molecule has 0 atom stereocenters. The van der Waals surface area contributed by atoms with Gasteiger partial charge in [-0.05, 0) is 72.7 Å². The summed E-state index contributed by atoms with van der Waals surface area (Å²) >= 11 is 2.65. The fraction of sp³-hybridized carbons (Fsp3) is 0.111. The number of anilines is 2. The third-order valence-corrected chi connectivity index (χ3v) is 8.66. The van der Waals surface area contributed by atoms with E-state index in [1.54, 1.807) is 68.8 Å². The largest absolute Gasteiger partial charge is 0.493 e. The highest BCUT2D eigenvalue weighted by Crippen LogP contribution is 2.33. The molecule has 0 spiro atoms. The van der Waals surface area contributed by atoms with E-state index >= 15 is 0 Å². The minimum atomic E-state index is -0.480. The SMILES string of the molecule is COc1ccc(-c2csc(NC(=O)CSc3cccc(NC(=O)/C(=C/c4ccccc4C)NC(=O)c4ccccc4)c3)n2)cc1OC. The van der Waals surface area contributed by atoms with Crippen LogP contribution in [0.2, 0.25) is 0 Å². The Morgan fingerprint density at radius 2 is 1.62 bits per heavy atom. The summed E-state index contributed by atoms with van der Waals surface area (Å²) in [4.78, 5) is 44.5. The predicted molar refractivity (Wildman–Crippen MR) is 188 cm³/mol. The molecule has 0 aliphatic carbocycles. The maximum absolute atomic E-state index is 13.5. The second-order valence-electron chi connectivity index (χ2n) is 10.2. The first kappa shape index (κ1) is 33.0. The van der Waals surface area contributed by atoms with Crippen LogP contribution in [0.4, 0.5) is 10.8 Å². The highest BCUT2D eigenvalue weighted by atomic mass is 32.2. The lowest BCUT2D eigenvalue weighted by molar-refractivity contribution is -0.114. The zero-order chi connectivity index (χ0) is 33.2. The molecule has 5 aromatic rings. The topological polar surface area (TPSA) is 119 Å². The maximum atomic E-state index is 13.5. The highest BCUT2D eigenvalue weighted by Gasteiger charge is 2.16. The van der Waals surface area contributed by atoms with E-state index in [1.807, 2.05) is 60.8 Å². The smallest absolute Gasteiger partial charge is 0.272 e. The molecule has 0 aliphatic heterocycles. The van der Waals surface area contributed by atoms with Gasteiger partial charge in [-0.3, -0.25) is 14.4 Å². The predicted octanol–water partition coefficient (Wildman–Crippen LogP) is 7.28. The van der Waals surface area contributed by atoms with Gasteiger partial charge in [0.25, 0.3) is 11.8 Å². The molecule has 238 valence electrons. The summed E-state index contributed by atoms with van der Waals surface area (Å²) in [6, 6.07) is 29.0. The minimum Gasteiger partial charge on any atom is -0.493 e. The Morgan fingerprint density at radius 3 is 2.38 bits per heavy atom. The van der Waals surface area contributed by atoms with Crippen molar-refractivity contribution < 1.29 is 23.9 Å². The lowest BCUT2D eigenvalue weighted by atomic mass is 10.1. The number of methoxy groups -OCH3 is 2. The minimum absolute atomic E-state index is 0.0986. The van der Waals surface area contributed by atoms with Crippen molar-refractivity contribution in [2.75, 3.05) is 30.6 Å². The number of aryl methyl sites for hydroxylation is 1. The first-order valence-corrected chi connectivity index (χ1v) is 16.3. The van der Waals surface area contributed by atoms with Crippen molar-refractivity contribution in [2.45, 2.75) is 11.8 Å². The molecule has 11 heteroatoms. The van der Waals surface area contributed by atoms with E-state index in [-0.39, 0.29) is 17.4 Å². The lowest BCUT2D eigenvalue weighted by Crippen LogP contribution is -2.30. The van der Waals surface area contributed by atoms with Gasteiger partial charge in [-0.15, -0.1) is 23.1 Å². The Morgan fingerprint density at radius 1 is 0.851 bits per heavy atom. The molecule has 0 saturated heterocycles. The Kier molecular flexibility index (Phi) is 11.1. The van der Waals surface area contributed by atoms with Gasteiger partial charge in [0.15, 0.2) is 16.6 Å². The summed E-state index contributed by atoms with van der Waals surface area (Å²) in [5.74, 6) is 0.251. The number of amides is 3. The fourth-order valence-corrected chi connectivity index (χ4v) is 5.96. The van der Waals surface area contributed by atoms with Crippen molar-refractivity contribution in [3.05, 3.63) is 125 Å². The van der Waals surface area contributed by atoms with E-state index in [9.17, 15) is 14.4 Å². The van der Waals surface area contributed by atoms with Gasteiger partial charge in [0.2, 0.25) is 5.91 Å². The van der Waals surface area contributed by atoms with E-state index < -0.39 is 11.8 Å². The number of hydrogen-bond acceptors (Lipinski definition) is 8. The number of carbonyl (C=O) groups is 3. The summed E-state index contributed by atoms with van der Waals surface area (Å²) in [6.07, 6.45) is 1.66. The molecule has 47 heavy (non-hydrogen) atoms. The second-order valence-corrected chi connectivity index (χ2v) is 12.1. The van der Waals surface area contributed by atoms with Crippen LogP contribution < -0.4 is 25.4 Å². The molecular formula is C36H32N4O5S2. The molecule has 4 aromatic carbocycles. The molecule has 0 bridgehead atoms. The number of ether oxygens (including phenoxy) is 2. The Bertz CT molecular complexity index is 1920. The molecule has 0 radical (unpaired) electrons. The average Bonchev–Trinajstić information content (AvgIpc) is 3.56. The van der Waals surface area contributed by atoms with E-state index in [0.29, 0.717) is 33.6 Å². The molecular weight excluding hydrogens is 633 g/mol. The molecule has 1 heterocycles. The van der Waals surface area contributed by atoms with Crippen LogP contribution in [0.5, 0.6) is 11.5 Å². The summed E-state index contributed by atoms with van der Waals surface area (Å²) in [6.45, 7) is 1.93. The van der Waals surface area contributed by atoms with Crippen molar-refractivity contribution in [1.82, 2.24) is 10.3 Å². The molecule has 0 unspecified atom stereocenters.